The number of halogens is 1. The number of benzene rings is 1. The van der Waals surface area contributed by atoms with Crippen LogP contribution in [0.4, 0.5) is 4.39 Å². The second-order valence-electron chi connectivity index (χ2n) is 4.00. The molecule has 0 heterocycles. The van der Waals surface area contributed by atoms with E-state index in [1.807, 2.05) is 0 Å². The van der Waals surface area contributed by atoms with Crippen LogP contribution in [-0.4, -0.2) is 24.9 Å². The van der Waals surface area contributed by atoms with Crippen molar-refractivity contribution in [2.75, 3.05) is 13.7 Å². The zero-order chi connectivity index (χ0) is 13.5. The summed E-state index contributed by atoms with van der Waals surface area (Å²) in [5.74, 6) is -0.478. The molecule has 5 heteroatoms. The van der Waals surface area contributed by atoms with Gasteiger partial charge in [0.25, 0.3) is 0 Å². The van der Waals surface area contributed by atoms with E-state index in [1.54, 1.807) is 17.8 Å². The van der Waals surface area contributed by atoms with E-state index in [0.29, 0.717) is 17.5 Å². The molecule has 0 amide bonds. The van der Waals surface area contributed by atoms with Crippen LogP contribution in [-0.2, 0) is 10.5 Å². The lowest BCUT2D eigenvalue weighted by atomic mass is 10.1. The van der Waals surface area contributed by atoms with Gasteiger partial charge in [-0.15, -0.1) is 0 Å². The van der Waals surface area contributed by atoms with Gasteiger partial charge in [-0.2, -0.15) is 11.8 Å². The molecular formula is C13H18FNO2S. The van der Waals surface area contributed by atoms with Gasteiger partial charge in [0.1, 0.15) is 5.82 Å². The Morgan fingerprint density at radius 1 is 1.56 bits per heavy atom. The van der Waals surface area contributed by atoms with Crippen molar-refractivity contribution in [2.24, 2.45) is 5.73 Å². The van der Waals surface area contributed by atoms with Crippen molar-refractivity contribution >= 4 is 17.7 Å². The van der Waals surface area contributed by atoms with Crippen LogP contribution >= 0.6 is 11.8 Å². The van der Waals surface area contributed by atoms with Gasteiger partial charge in [0.05, 0.1) is 12.7 Å². The van der Waals surface area contributed by atoms with E-state index in [2.05, 4.69) is 11.7 Å². The lowest BCUT2D eigenvalue weighted by molar-refractivity contribution is 0.0595. The van der Waals surface area contributed by atoms with Gasteiger partial charge in [0, 0.05) is 11.0 Å². The van der Waals surface area contributed by atoms with Gasteiger partial charge in [-0.05, 0) is 30.7 Å². The van der Waals surface area contributed by atoms with E-state index in [0.717, 1.165) is 12.0 Å². The largest absolute Gasteiger partial charge is 0.465 e. The molecule has 0 radical (unpaired) electrons. The number of hydrogen-bond donors (Lipinski definition) is 1. The molecule has 0 aliphatic carbocycles. The minimum atomic E-state index is -0.650. The average Bonchev–Trinajstić information content (AvgIpc) is 2.36. The number of hydrogen-bond acceptors (Lipinski definition) is 4. The summed E-state index contributed by atoms with van der Waals surface area (Å²) < 4.78 is 18.1. The van der Waals surface area contributed by atoms with Gasteiger partial charge in [-0.25, -0.2) is 9.18 Å². The number of thioether (sulfide) groups is 1. The van der Waals surface area contributed by atoms with E-state index in [9.17, 15) is 9.18 Å². The van der Waals surface area contributed by atoms with E-state index >= 15 is 0 Å². The number of ether oxygens (including phenoxy) is 1. The Morgan fingerprint density at radius 2 is 2.28 bits per heavy atom. The summed E-state index contributed by atoms with van der Waals surface area (Å²) in [6, 6.07) is 4.59. The maximum atomic E-state index is 13.6. The highest BCUT2D eigenvalue weighted by Gasteiger charge is 2.12. The predicted octanol–water partition coefficient (Wildman–Crippen LogP) is 2.58. The highest BCUT2D eigenvalue weighted by molar-refractivity contribution is 7.99. The Morgan fingerprint density at radius 3 is 2.83 bits per heavy atom. The molecule has 1 aromatic carbocycles. The predicted molar refractivity (Wildman–Crippen MR) is 72.2 cm³/mol. The maximum Gasteiger partial charge on any atom is 0.340 e. The molecule has 2 N–H and O–H groups in total. The number of methoxy groups -OCH3 is 1. The van der Waals surface area contributed by atoms with Crippen molar-refractivity contribution in [1.82, 2.24) is 0 Å². The van der Waals surface area contributed by atoms with Crippen molar-refractivity contribution in [1.29, 1.82) is 0 Å². The molecule has 1 rings (SSSR count). The van der Waals surface area contributed by atoms with Gasteiger partial charge >= 0.3 is 5.97 Å². The molecule has 0 saturated heterocycles. The van der Waals surface area contributed by atoms with Crippen molar-refractivity contribution in [3.05, 3.63) is 35.1 Å². The second kappa shape index (κ2) is 7.38. The molecule has 1 aromatic rings. The summed E-state index contributed by atoms with van der Waals surface area (Å²) in [5, 5.41) is 0.443. The minimum absolute atomic E-state index is 0.0266. The highest BCUT2D eigenvalue weighted by atomic mass is 32.2. The van der Waals surface area contributed by atoms with Crippen LogP contribution in [0.25, 0.3) is 0 Å². The van der Waals surface area contributed by atoms with E-state index in [-0.39, 0.29) is 5.56 Å². The van der Waals surface area contributed by atoms with Crippen LogP contribution in [0, 0.1) is 5.82 Å². The van der Waals surface area contributed by atoms with Gasteiger partial charge in [-0.1, -0.05) is 13.0 Å². The molecule has 0 aromatic heterocycles. The Kier molecular flexibility index (Phi) is 6.15. The lowest BCUT2D eigenvalue weighted by Gasteiger charge is -2.10. The summed E-state index contributed by atoms with van der Waals surface area (Å²) in [5.41, 5.74) is 6.30. The van der Waals surface area contributed by atoms with E-state index in [4.69, 9.17) is 5.73 Å². The zero-order valence-electron chi connectivity index (χ0n) is 10.6. The molecule has 1 atom stereocenters. The number of nitrogens with two attached hydrogens (primary N) is 1. The Hall–Kier alpha value is -1.07. The zero-order valence-corrected chi connectivity index (χ0v) is 11.4. The summed E-state index contributed by atoms with van der Waals surface area (Å²) in [6.07, 6.45) is 0.938. The Bertz CT molecular complexity index is 412. The van der Waals surface area contributed by atoms with Crippen molar-refractivity contribution in [2.45, 2.75) is 24.3 Å². The molecule has 100 valence electrons. The minimum Gasteiger partial charge on any atom is -0.465 e. The summed E-state index contributed by atoms with van der Waals surface area (Å²) >= 11 is 1.72. The number of carbonyl (C=O) groups is 1. The van der Waals surface area contributed by atoms with Gasteiger partial charge in [0.2, 0.25) is 0 Å². The normalized spacial score (nSPS) is 12.2. The first-order valence-corrected chi connectivity index (χ1v) is 6.81. The molecule has 0 spiro atoms. The first-order chi connectivity index (χ1) is 8.58. The average molecular weight is 271 g/mol. The topological polar surface area (TPSA) is 52.3 Å². The summed E-state index contributed by atoms with van der Waals surface area (Å²) in [4.78, 5) is 11.2. The van der Waals surface area contributed by atoms with Gasteiger partial charge in [-0.3, -0.25) is 0 Å². The third kappa shape index (κ3) is 4.31. The van der Waals surface area contributed by atoms with Gasteiger partial charge < -0.3 is 10.5 Å². The molecule has 0 fully saturated rings. The fourth-order valence-electron chi connectivity index (χ4n) is 1.48. The Balaban J connectivity index is 2.64. The third-order valence-corrected chi connectivity index (χ3v) is 3.85. The third-order valence-electron chi connectivity index (χ3n) is 2.55. The fourth-order valence-corrected chi connectivity index (χ4v) is 2.44. The lowest BCUT2D eigenvalue weighted by Crippen LogP contribution is -2.07. The first kappa shape index (κ1) is 15.0. The fraction of sp³-hybridized carbons (Fsp3) is 0.462. The Labute approximate surface area is 111 Å². The van der Waals surface area contributed by atoms with Crippen LogP contribution in [0.5, 0.6) is 0 Å². The van der Waals surface area contributed by atoms with Crippen LogP contribution in [0.3, 0.4) is 0 Å². The van der Waals surface area contributed by atoms with Crippen LogP contribution < -0.4 is 5.73 Å². The summed E-state index contributed by atoms with van der Waals surface area (Å²) in [7, 11) is 1.24. The van der Waals surface area contributed by atoms with Crippen molar-refractivity contribution < 1.29 is 13.9 Å². The smallest absolute Gasteiger partial charge is 0.340 e. The molecular weight excluding hydrogens is 253 g/mol. The van der Waals surface area contributed by atoms with Crippen molar-refractivity contribution in [3.8, 4) is 0 Å². The molecule has 1 unspecified atom stereocenters. The highest BCUT2D eigenvalue weighted by Crippen LogP contribution is 2.21. The number of carbonyl (C=O) groups excluding carboxylic acids is 1. The quantitative estimate of drug-likeness (QED) is 0.808. The molecule has 0 bridgehead atoms. The molecule has 3 nitrogen and oxygen atoms in total. The molecule has 0 aliphatic rings. The standard InChI is InChI=1S/C13H18FNO2S/c1-9(5-6-15)18-8-10-3-4-11(12(14)7-10)13(16)17-2/h3-4,7,9H,5-6,8,15H2,1-2H3. The van der Waals surface area contributed by atoms with E-state index < -0.39 is 11.8 Å². The van der Waals surface area contributed by atoms with Crippen LogP contribution in [0.15, 0.2) is 18.2 Å². The number of rotatable bonds is 6. The van der Waals surface area contributed by atoms with Crippen LogP contribution in [0.1, 0.15) is 29.3 Å². The molecule has 0 saturated carbocycles. The molecule has 0 aliphatic heterocycles. The summed E-state index contributed by atoms with van der Waals surface area (Å²) in [6.45, 7) is 2.75. The van der Waals surface area contributed by atoms with Crippen molar-refractivity contribution in [3.63, 3.8) is 0 Å². The second-order valence-corrected chi connectivity index (χ2v) is 5.43. The maximum absolute atomic E-state index is 13.6. The SMILES string of the molecule is COC(=O)c1ccc(CSC(C)CCN)cc1F. The molecule has 18 heavy (non-hydrogen) atoms. The van der Waals surface area contributed by atoms with E-state index in [1.165, 1.54) is 19.2 Å². The van der Waals surface area contributed by atoms with Gasteiger partial charge in [0.15, 0.2) is 0 Å². The number of esters is 1. The first-order valence-electron chi connectivity index (χ1n) is 5.77. The van der Waals surface area contributed by atoms with Crippen LogP contribution in [0.2, 0.25) is 0 Å². The monoisotopic (exact) mass is 271 g/mol.